The second-order valence-corrected chi connectivity index (χ2v) is 5.16. The third-order valence-corrected chi connectivity index (χ3v) is 3.86. The molecule has 1 aliphatic rings. The number of hydrogen-bond donors (Lipinski definition) is 1. The van der Waals surface area contributed by atoms with Gasteiger partial charge in [0.15, 0.2) is 0 Å². The minimum atomic E-state index is -0.457. The average Bonchev–Trinajstić information content (AvgIpc) is 2.90. The number of hydrogen-bond acceptors (Lipinski definition) is 4. The maximum Gasteiger partial charge on any atom is 0.271 e. The van der Waals surface area contributed by atoms with Crippen LogP contribution in [0.25, 0.3) is 0 Å². The Morgan fingerprint density at radius 1 is 1.42 bits per heavy atom. The molecular weight excluding hydrogens is 268 g/mol. The van der Waals surface area contributed by atoms with Crippen molar-refractivity contribution in [2.45, 2.75) is 31.7 Å². The van der Waals surface area contributed by atoms with Gasteiger partial charge in [-0.3, -0.25) is 10.1 Å². The van der Waals surface area contributed by atoms with Crippen molar-refractivity contribution in [1.29, 1.82) is 0 Å². The van der Waals surface area contributed by atoms with Gasteiger partial charge in [-0.1, -0.05) is 24.4 Å². The number of anilines is 1. The molecule has 1 aliphatic carbocycles. The number of non-ortho nitro benzene ring substituents is 1. The van der Waals surface area contributed by atoms with Gasteiger partial charge in [0.1, 0.15) is 0 Å². The van der Waals surface area contributed by atoms with E-state index in [1.54, 1.807) is 6.07 Å². The molecule has 0 saturated heterocycles. The number of rotatable bonds is 5. The van der Waals surface area contributed by atoms with Crippen LogP contribution in [0.2, 0.25) is 5.02 Å². The van der Waals surface area contributed by atoms with Gasteiger partial charge in [-0.2, -0.15) is 0 Å². The van der Waals surface area contributed by atoms with Crippen LogP contribution in [-0.2, 0) is 0 Å². The van der Waals surface area contributed by atoms with Crippen molar-refractivity contribution in [2.24, 2.45) is 0 Å². The van der Waals surface area contributed by atoms with Crippen molar-refractivity contribution in [3.05, 3.63) is 33.3 Å². The summed E-state index contributed by atoms with van der Waals surface area (Å²) in [5.41, 5.74) is 0.761. The van der Waals surface area contributed by atoms with Crippen LogP contribution in [0.15, 0.2) is 18.2 Å². The van der Waals surface area contributed by atoms with Crippen molar-refractivity contribution in [1.82, 2.24) is 0 Å². The molecular formula is C13H17ClN2O3. The van der Waals surface area contributed by atoms with Crippen molar-refractivity contribution in [2.75, 3.05) is 18.1 Å². The number of nitro groups is 1. The lowest BCUT2D eigenvalue weighted by atomic mass is 10.1. The predicted octanol–water partition coefficient (Wildman–Crippen LogP) is 2.99. The van der Waals surface area contributed by atoms with E-state index in [9.17, 15) is 15.2 Å². The van der Waals surface area contributed by atoms with E-state index in [0.717, 1.165) is 18.5 Å². The second-order valence-electron chi connectivity index (χ2n) is 4.75. The Labute approximate surface area is 116 Å². The summed E-state index contributed by atoms with van der Waals surface area (Å²) >= 11 is 6.15. The highest BCUT2D eigenvalue weighted by Crippen LogP contribution is 2.34. The Morgan fingerprint density at radius 2 is 2.11 bits per heavy atom. The summed E-state index contributed by atoms with van der Waals surface area (Å²) in [5, 5.41) is 20.3. The molecule has 0 spiro atoms. The molecule has 0 bridgehead atoms. The molecule has 2 rings (SSSR count). The molecule has 0 unspecified atom stereocenters. The fraction of sp³-hybridized carbons (Fsp3) is 0.538. The number of nitrogens with zero attached hydrogens (tertiary/aromatic N) is 2. The van der Waals surface area contributed by atoms with Gasteiger partial charge in [0, 0.05) is 24.7 Å². The molecule has 5 nitrogen and oxygen atoms in total. The smallest absolute Gasteiger partial charge is 0.271 e. The largest absolute Gasteiger partial charge is 0.395 e. The van der Waals surface area contributed by atoms with Gasteiger partial charge in [-0.05, 0) is 18.9 Å². The summed E-state index contributed by atoms with van der Waals surface area (Å²) < 4.78 is 0. The maximum absolute atomic E-state index is 10.7. The van der Waals surface area contributed by atoms with E-state index in [-0.39, 0.29) is 12.3 Å². The number of aliphatic hydroxyl groups is 1. The zero-order chi connectivity index (χ0) is 13.8. The molecule has 1 fully saturated rings. The monoisotopic (exact) mass is 284 g/mol. The first-order valence-corrected chi connectivity index (χ1v) is 6.82. The molecule has 0 aromatic heterocycles. The van der Waals surface area contributed by atoms with Gasteiger partial charge >= 0.3 is 0 Å². The van der Waals surface area contributed by atoms with Crippen LogP contribution < -0.4 is 4.90 Å². The molecule has 104 valence electrons. The van der Waals surface area contributed by atoms with Crippen LogP contribution in [0.5, 0.6) is 0 Å². The highest BCUT2D eigenvalue weighted by molar-refractivity contribution is 6.33. The maximum atomic E-state index is 10.7. The molecule has 1 N–H and O–H groups in total. The van der Waals surface area contributed by atoms with E-state index < -0.39 is 4.92 Å². The Kier molecular flexibility index (Phi) is 4.61. The summed E-state index contributed by atoms with van der Waals surface area (Å²) in [4.78, 5) is 12.3. The highest BCUT2D eigenvalue weighted by atomic mass is 35.5. The summed E-state index contributed by atoms with van der Waals surface area (Å²) in [6.45, 7) is 0.548. The average molecular weight is 285 g/mol. The van der Waals surface area contributed by atoms with Gasteiger partial charge in [0.05, 0.1) is 22.2 Å². The molecule has 1 aromatic rings. The molecule has 0 radical (unpaired) electrons. The van der Waals surface area contributed by atoms with Crippen molar-refractivity contribution in [3.63, 3.8) is 0 Å². The van der Waals surface area contributed by atoms with Crippen LogP contribution in [0.3, 0.4) is 0 Å². The number of halogens is 1. The predicted molar refractivity (Wildman–Crippen MR) is 74.8 cm³/mol. The molecule has 1 aromatic carbocycles. The number of benzene rings is 1. The molecule has 0 atom stereocenters. The standard InChI is InChI=1S/C13H17ClN2O3/c14-12-9-11(16(18)19)5-6-13(12)15(7-8-17)10-3-1-2-4-10/h5-6,9-10,17H,1-4,7-8H2. The molecule has 0 heterocycles. The van der Waals surface area contributed by atoms with Gasteiger partial charge < -0.3 is 10.0 Å². The Bertz CT molecular complexity index is 461. The van der Waals surface area contributed by atoms with Crippen LogP contribution in [0, 0.1) is 10.1 Å². The van der Waals surface area contributed by atoms with Gasteiger partial charge in [-0.25, -0.2) is 0 Å². The Balaban J connectivity index is 2.28. The lowest BCUT2D eigenvalue weighted by Crippen LogP contribution is -2.35. The lowest BCUT2D eigenvalue weighted by molar-refractivity contribution is -0.384. The van der Waals surface area contributed by atoms with Gasteiger partial charge in [0.2, 0.25) is 0 Å². The van der Waals surface area contributed by atoms with Crippen LogP contribution in [0.1, 0.15) is 25.7 Å². The second kappa shape index (κ2) is 6.21. The quantitative estimate of drug-likeness (QED) is 0.667. The fourth-order valence-corrected chi connectivity index (χ4v) is 2.95. The number of aliphatic hydroxyl groups excluding tert-OH is 1. The van der Waals surface area contributed by atoms with E-state index in [2.05, 4.69) is 4.90 Å². The molecule has 0 aliphatic heterocycles. The first-order chi connectivity index (χ1) is 9.13. The molecule has 0 amide bonds. The topological polar surface area (TPSA) is 66.6 Å². The Hall–Kier alpha value is -1.33. The minimum Gasteiger partial charge on any atom is -0.395 e. The van der Waals surface area contributed by atoms with Crippen LogP contribution >= 0.6 is 11.6 Å². The normalized spacial score (nSPS) is 15.7. The van der Waals surface area contributed by atoms with Crippen molar-refractivity contribution in [3.8, 4) is 0 Å². The molecule has 1 saturated carbocycles. The van der Waals surface area contributed by atoms with E-state index >= 15 is 0 Å². The highest BCUT2D eigenvalue weighted by Gasteiger charge is 2.24. The van der Waals surface area contributed by atoms with Gasteiger partial charge in [-0.15, -0.1) is 0 Å². The summed E-state index contributed by atoms with van der Waals surface area (Å²) in [6.07, 6.45) is 4.51. The zero-order valence-corrected chi connectivity index (χ0v) is 11.3. The van der Waals surface area contributed by atoms with E-state index in [1.165, 1.54) is 25.0 Å². The van der Waals surface area contributed by atoms with Crippen LogP contribution in [-0.4, -0.2) is 29.2 Å². The lowest BCUT2D eigenvalue weighted by Gasteiger charge is -2.31. The zero-order valence-electron chi connectivity index (χ0n) is 10.6. The first kappa shape index (κ1) is 14.1. The summed E-state index contributed by atoms with van der Waals surface area (Å²) in [7, 11) is 0. The minimum absolute atomic E-state index is 0.0101. The number of nitro benzene ring substituents is 1. The third kappa shape index (κ3) is 3.16. The summed E-state index contributed by atoms with van der Waals surface area (Å²) in [5.74, 6) is 0. The van der Waals surface area contributed by atoms with E-state index in [1.807, 2.05) is 0 Å². The van der Waals surface area contributed by atoms with Crippen molar-refractivity contribution >= 4 is 23.0 Å². The SMILES string of the molecule is O=[N+]([O-])c1ccc(N(CCO)C2CCCC2)c(Cl)c1. The first-order valence-electron chi connectivity index (χ1n) is 6.45. The van der Waals surface area contributed by atoms with E-state index in [0.29, 0.717) is 17.6 Å². The molecule has 19 heavy (non-hydrogen) atoms. The summed E-state index contributed by atoms with van der Waals surface area (Å²) in [6, 6.07) is 4.87. The van der Waals surface area contributed by atoms with Gasteiger partial charge in [0.25, 0.3) is 5.69 Å². The molecule has 6 heteroatoms. The van der Waals surface area contributed by atoms with Crippen LogP contribution in [0.4, 0.5) is 11.4 Å². The van der Waals surface area contributed by atoms with Crippen molar-refractivity contribution < 1.29 is 10.0 Å². The third-order valence-electron chi connectivity index (χ3n) is 3.56. The van der Waals surface area contributed by atoms with E-state index in [4.69, 9.17) is 11.6 Å². The Morgan fingerprint density at radius 3 is 2.63 bits per heavy atom. The fourth-order valence-electron chi connectivity index (χ4n) is 2.67.